The summed E-state index contributed by atoms with van der Waals surface area (Å²) in [5.41, 5.74) is 2.02. The number of amides is 1. The molecule has 0 saturated carbocycles. The number of ether oxygens (including phenoxy) is 1. The fraction of sp³-hybridized carbons (Fsp3) is 0.174. The number of carbonyl (C=O) groups is 1. The van der Waals surface area contributed by atoms with Crippen LogP contribution in [0.5, 0.6) is 5.75 Å². The normalized spacial score (nSPS) is 13.4. The van der Waals surface area contributed by atoms with Gasteiger partial charge in [-0.15, -0.1) is 0 Å². The molecule has 6 nitrogen and oxygen atoms in total. The lowest BCUT2D eigenvalue weighted by Gasteiger charge is -2.31. The SMILES string of the molecule is COc1ccc(Cl)cc1C(=O)Nc1ccc2c(c1)N(S(=O)(=O)c1ccc(F)cc1)CCC2. The number of aryl methyl sites for hydroxylation is 1. The molecule has 4 rings (SSSR count). The monoisotopic (exact) mass is 474 g/mol. The number of methoxy groups -OCH3 is 1. The summed E-state index contributed by atoms with van der Waals surface area (Å²) in [7, 11) is -2.43. The summed E-state index contributed by atoms with van der Waals surface area (Å²) in [4.78, 5) is 12.8. The zero-order valence-corrected chi connectivity index (χ0v) is 18.7. The number of fused-ring (bicyclic) bond motifs is 1. The fourth-order valence-electron chi connectivity index (χ4n) is 3.66. The standard InChI is InChI=1S/C23H20ClFN2O4S/c1-31-22-11-5-16(24)13-20(22)23(28)26-18-8-4-15-3-2-12-27(21(15)14-18)32(29,30)19-9-6-17(25)7-10-19/h4-11,13-14H,2-3,12H2,1H3,(H,26,28). The van der Waals surface area contributed by atoms with E-state index in [0.717, 1.165) is 17.7 Å². The van der Waals surface area contributed by atoms with Gasteiger partial charge in [-0.25, -0.2) is 12.8 Å². The molecule has 0 saturated heterocycles. The Morgan fingerprint density at radius 3 is 2.56 bits per heavy atom. The number of sulfonamides is 1. The molecule has 1 aliphatic rings. The van der Waals surface area contributed by atoms with Gasteiger partial charge in [-0.05, 0) is 73.0 Å². The summed E-state index contributed by atoms with van der Waals surface area (Å²) in [6.45, 7) is 0.284. The molecule has 0 atom stereocenters. The predicted molar refractivity (Wildman–Crippen MR) is 122 cm³/mol. The van der Waals surface area contributed by atoms with E-state index in [4.69, 9.17) is 16.3 Å². The second-order valence-corrected chi connectivity index (χ2v) is 9.58. The minimum Gasteiger partial charge on any atom is -0.496 e. The molecule has 3 aromatic carbocycles. The van der Waals surface area contributed by atoms with Crippen LogP contribution in [0.1, 0.15) is 22.3 Å². The van der Waals surface area contributed by atoms with Gasteiger partial charge in [-0.3, -0.25) is 9.10 Å². The van der Waals surface area contributed by atoms with Crippen molar-refractivity contribution in [3.63, 3.8) is 0 Å². The Kier molecular flexibility index (Phi) is 6.08. The molecule has 1 N–H and O–H groups in total. The minimum atomic E-state index is -3.89. The van der Waals surface area contributed by atoms with Crippen LogP contribution in [0.25, 0.3) is 0 Å². The first kappa shape index (κ1) is 22.1. The Balaban J connectivity index is 1.67. The van der Waals surface area contributed by atoms with E-state index in [-0.39, 0.29) is 17.0 Å². The van der Waals surface area contributed by atoms with Gasteiger partial charge in [0, 0.05) is 17.3 Å². The second kappa shape index (κ2) is 8.80. The summed E-state index contributed by atoms with van der Waals surface area (Å²) in [6, 6.07) is 14.6. The molecule has 0 unspecified atom stereocenters. The number of rotatable bonds is 5. The highest BCUT2D eigenvalue weighted by molar-refractivity contribution is 7.92. The smallest absolute Gasteiger partial charge is 0.264 e. The van der Waals surface area contributed by atoms with Crippen molar-refractivity contribution in [1.82, 2.24) is 0 Å². The number of nitrogens with one attached hydrogen (secondary N) is 1. The van der Waals surface area contributed by atoms with Crippen molar-refractivity contribution in [2.45, 2.75) is 17.7 Å². The molecule has 0 aromatic heterocycles. The summed E-state index contributed by atoms with van der Waals surface area (Å²) in [6.07, 6.45) is 1.36. The Morgan fingerprint density at radius 1 is 1.09 bits per heavy atom. The number of hydrogen-bond acceptors (Lipinski definition) is 4. The second-order valence-electron chi connectivity index (χ2n) is 7.28. The van der Waals surface area contributed by atoms with Crippen LogP contribution in [-0.2, 0) is 16.4 Å². The Hall–Kier alpha value is -3.10. The number of carbonyl (C=O) groups excluding carboxylic acids is 1. The van der Waals surface area contributed by atoms with E-state index in [2.05, 4.69) is 5.32 Å². The molecule has 1 amide bonds. The third-order valence-corrected chi connectivity index (χ3v) is 7.29. The van der Waals surface area contributed by atoms with Gasteiger partial charge < -0.3 is 10.1 Å². The first-order chi connectivity index (χ1) is 15.3. The van der Waals surface area contributed by atoms with Gasteiger partial charge in [-0.2, -0.15) is 0 Å². The molecular weight excluding hydrogens is 455 g/mol. The zero-order chi connectivity index (χ0) is 22.9. The topological polar surface area (TPSA) is 75.7 Å². The molecule has 1 aliphatic heterocycles. The van der Waals surface area contributed by atoms with Gasteiger partial charge in [0.25, 0.3) is 15.9 Å². The van der Waals surface area contributed by atoms with Crippen LogP contribution in [0.3, 0.4) is 0 Å². The maximum atomic E-state index is 13.3. The van der Waals surface area contributed by atoms with Crippen molar-refractivity contribution in [3.8, 4) is 5.75 Å². The molecular formula is C23H20ClFN2O4S. The van der Waals surface area contributed by atoms with Crippen molar-refractivity contribution >= 4 is 38.9 Å². The molecule has 0 bridgehead atoms. The minimum absolute atomic E-state index is 0.00449. The summed E-state index contributed by atoms with van der Waals surface area (Å²) in [5, 5.41) is 3.17. The highest BCUT2D eigenvalue weighted by Crippen LogP contribution is 2.34. The molecule has 0 aliphatic carbocycles. The lowest BCUT2D eigenvalue weighted by molar-refractivity contribution is 0.102. The first-order valence-corrected chi connectivity index (χ1v) is 11.7. The van der Waals surface area contributed by atoms with Crippen LogP contribution in [0, 0.1) is 5.82 Å². The third-order valence-electron chi connectivity index (χ3n) is 5.23. The predicted octanol–water partition coefficient (Wildman–Crippen LogP) is 4.88. The lowest BCUT2D eigenvalue weighted by Crippen LogP contribution is -2.35. The zero-order valence-electron chi connectivity index (χ0n) is 17.1. The Bertz CT molecular complexity index is 1280. The third kappa shape index (κ3) is 4.28. The maximum absolute atomic E-state index is 13.3. The van der Waals surface area contributed by atoms with Crippen LogP contribution < -0.4 is 14.4 Å². The molecule has 32 heavy (non-hydrogen) atoms. The van der Waals surface area contributed by atoms with Gasteiger partial charge in [0.1, 0.15) is 11.6 Å². The highest BCUT2D eigenvalue weighted by atomic mass is 35.5. The number of nitrogens with zero attached hydrogens (tertiary/aromatic N) is 1. The van der Waals surface area contributed by atoms with Gasteiger partial charge in [0.15, 0.2) is 0 Å². The number of benzene rings is 3. The van der Waals surface area contributed by atoms with Crippen molar-refractivity contribution in [1.29, 1.82) is 0 Å². The van der Waals surface area contributed by atoms with Gasteiger partial charge in [-0.1, -0.05) is 17.7 Å². The van der Waals surface area contributed by atoms with Crippen LogP contribution in [0.15, 0.2) is 65.6 Å². The maximum Gasteiger partial charge on any atom is 0.264 e. The van der Waals surface area contributed by atoms with Crippen molar-refractivity contribution < 1.29 is 22.3 Å². The summed E-state index contributed by atoms with van der Waals surface area (Å²) in [5.74, 6) is -0.581. The average Bonchev–Trinajstić information content (AvgIpc) is 2.78. The van der Waals surface area contributed by atoms with Crippen LogP contribution in [-0.4, -0.2) is 28.0 Å². The van der Waals surface area contributed by atoms with Gasteiger partial charge in [0.2, 0.25) is 0 Å². The van der Waals surface area contributed by atoms with Crippen LogP contribution >= 0.6 is 11.6 Å². The molecule has 0 radical (unpaired) electrons. The molecule has 0 fully saturated rings. The number of hydrogen-bond donors (Lipinski definition) is 1. The number of anilines is 2. The van der Waals surface area contributed by atoms with Crippen molar-refractivity contribution in [3.05, 3.63) is 82.6 Å². The largest absolute Gasteiger partial charge is 0.496 e. The van der Waals surface area contributed by atoms with E-state index in [1.54, 1.807) is 30.3 Å². The molecule has 1 heterocycles. The molecule has 3 aromatic rings. The van der Waals surface area contributed by atoms with Crippen LogP contribution in [0.4, 0.5) is 15.8 Å². The molecule has 166 valence electrons. The average molecular weight is 475 g/mol. The Morgan fingerprint density at radius 2 is 1.84 bits per heavy atom. The first-order valence-electron chi connectivity index (χ1n) is 9.86. The number of halogens is 2. The van der Waals surface area contributed by atoms with E-state index in [0.29, 0.717) is 35.0 Å². The highest BCUT2D eigenvalue weighted by Gasteiger charge is 2.29. The van der Waals surface area contributed by atoms with E-state index in [1.165, 1.54) is 29.6 Å². The van der Waals surface area contributed by atoms with Crippen molar-refractivity contribution in [2.24, 2.45) is 0 Å². The quantitative estimate of drug-likeness (QED) is 0.571. The Labute approximate surface area is 190 Å². The van der Waals surface area contributed by atoms with Crippen LogP contribution in [0.2, 0.25) is 5.02 Å². The fourth-order valence-corrected chi connectivity index (χ4v) is 5.36. The van der Waals surface area contributed by atoms with E-state index in [9.17, 15) is 17.6 Å². The molecule has 0 spiro atoms. The molecule has 9 heteroatoms. The lowest BCUT2D eigenvalue weighted by atomic mass is 10.0. The van der Waals surface area contributed by atoms with E-state index in [1.807, 2.05) is 0 Å². The summed E-state index contributed by atoms with van der Waals surface area (Å²) < 4.78 is 46.3. The summed E-state index contributed by atoms with van der Waals surface area (Å²) >= 11 is 6.02. The van der Waals surface area contributed by atoms with E-state index >= 15 is 0 Å². The van der Waals surface area contributed by atoms with Gasteiger partial charge in [0.05, 0.1) is 23.3 Å². The van der Waals surface area contributed by atoms with Crippen molar-refractivity contribution in [2.75, 3.05) is 23.3 Å². The van der Waals surface area contributed by atoms with E-state index < -0.39 is 21.7 Å². The van der Waals surface area contributed by atoms with Gasteiger partial charge >= 0.3 is 0 Å².